The smallest absolute Gasteiger partial charge is 0.406 e. The summed E-state index contributed by atoms with van der Waals surface area (Å²) >= 11 is 1.44. The quantitative estimate of drug-likeness (QED) is 0.180. The fourth-order valence-electron chi connectivity index (χ4n) is 4.89. The number of aryl methyl sites for hydroxylation is 3. The number of amides is 2. The molecule has 3 aromatic carbocycles. The second kappa shape index (κ2) is 13.5. The van der Waals surface area contributed by atoms with Gasteiger partial charge in [-0.05, 0) is 73.2 Å². The molecule has 5 aromatic rings. The standard InChI is InChI=1S/C33H33F3N6O2S/c1-5-6-25-8-7-21(2)17-29(25)42-23(4)19-45-32(42)39-31(43)37-18-22(3)24-9-11-26(12-10-24)30-38-20-41(40-30)27-13-15-28(16-14-27)44-33(34,35)36/h7-17,19-20,22H,5-6,18H2,1-4H3,(H,37,43)/b39-32-. The Morgan fingerprint density at radius 3 is 2.49 bits per heavy atom. The van der Waals surface area contributed by atoms with Crippen molar-refractivity contribution in [1.29, 1.82) is 0 Å². The van der Waals surface area contributed by atoms with Gasteiger partial charge in [0.1, 0.15) is 12.1 Å². The number of alkyl halides is 3. The van der Waals surface area contributed by atoms with E-state index >= 15 is 0 Å². The summed E-state index contributed by atoms with van der Waals surface area (Å²) in [6.45, 7) is 8.65. The average Bonchev–Trinajstić information content (AvgIpc) is 3.64. The van der Waals surface area contributed by atoms with Gasteiger partial charge in [-0.15, -0.1) is 29.6 Å². The molecule has 0 fully saturated rings. The number of thiazole rings is 1. The van der Waals surface area contributed by atoms with E-state index in [-0.39, 0.29) is 11.7 Å². The molecule has 0 aliphatic heterocycles. The lowest BCUT2D eigenvalue weighted by Crippen LogP contribution is -2.28. The summed E-state index contributed by atoms with van der Waals surface area (Å²) in [4.78, 5) is 22.3. The fraction of sp³-hybridized carbons (Fsp3) is 0.273. The van der Waals surface area contributed by atoms with Gasteiger partial charge in [-0.1, -0.05) is 56.7 Å². The highest BCUT2D eigenvalue weighted by atomic mass is 32.1. The highest BCUT2D eigenvalue weighted by molar-refractivity contribution is 7.07. The first-order valence-corrected chi connectivity index (χ1v) is 15.4. The largest absolute Gasteiger partial charge is 0.573 e. The van der Waals surface area contributed by atoms with E-state index in [1.165, 1.54) is 52.2 Å². The van der Waals surface area contributed by atoms with E-state index in [1.54, 1.807) is 0 Å². The summed E-state index contributed by atoms with van der Waals surface area (Å²) < 4.78 is 44.7. The number of urea groups is 1. The molecule has 1 N–H and O–H groups in total. The normalized spacial score (nSPS) is 12.7. The summed E-state index contributed by atoms with van der Waals surface area (Å²) in [5, 5.41) is 9.40. The van der Waals surface area contributed by atoms with E-state index in [0.29, 0.717) is 22.9 Å². The molecule has 0 saturated carbocycles. The van der Waals surface area contributed by atoms with Crippen LogP contribution in [0, 0.1) is 13.8 Å². The third kappa shape index (κ3) is 7.88. The zero-order valence-electron chi connectivity index (χ0n) is 25.3. The minimum absolute atomic E-state index is 0.0197. The summed E-state index contributed by atoms with van der Waals surface area (Å²) in [7, 11) is 0. The number of halogens is 3. The van der Waals surface area contributed by atoms with Crippen molar-refractivity contribution in [2.45, 2.75) is 52.8 Å². The zero-order chi connectivity index (χ0) is 32.1. The molecule has 1 atom stereocenters. The van der Waals surface area contributed by atoms with E-state index < -0.39 is 12.4 Å². The lowest BCUT2D eigenvalue weighted by molar-refractivity contribution is -0.274. The first-order valence-electron chi connectivity index (χ1n) is 14.5. The van der Waals surface area contributed by atoms with Crippen LogP contribution in [-0.4, -0.2) is 38.3 Å². The van der Waals surface area contributed by atoms with E-state index in [4.69, 9.17) is 0 Å². The Labute approximate surface area is 262 Å². The molecule has 1 unspecified atom stereocenters. The number of hydrogen-bond donors (Lipinski definition) is 1. The Balaban J connectivity index is 1.23. The molecule has 0 aliphatic carbocycles. The SMILES string of the molecule is CCCc1ccc(C)cc1-n1c(C)cs/c1=N\C(=O)NCC(C)c1ccc(-c2ncn(-c3ccc(OC(F)(F)F)cc3)n2)cc1. The number of benzene rings is 3. The molecule has 2 amide bonds. The Bertz CT molecular complexity index is 1840. The maximum atomic E-state index is 12.9. The van der Waals surface area contributed by atoms with Gasteiger partial charge in [0.25, 0.3) is 0 Å². The third-order valence-corrected chi connectivity index (χ3v) is 8.14. The molecule has 0 radical (unpaired) electrons. The summed E-state index contributed by atoms with van der Waals surface area (Å²) in [6, 6.07) is 19.1. The molecule has 2 heterocycles. The second-order valence-electron chi connectivity index (χ2n) is 10.8. The van der Waals surface area contributed by atoms with Gasteiger partial charge in [0, 0.05) is 23.2 Å². The van der Waals surface area contributed by atoms with Crippen molar-refractivity contribution in [3.63, 3.8) is 0 Å². The highest BCUT2D eigenvalue weighted by Crippen LogP contribution is 2.25. The van der Waals surface area contributed by atoms with Crippen molar-refractivity contribution in [2.75, 3.05) is 6.54 Å². The molecule has 0 bridgehead atoms. The molecule has 2 aromatic heterocycles. The molecular formula is C33H33F3N6O2S. The molecule has 8 nitrogen and oxygen atoms in total. The maximum absolute atomic E-state index is 12.9. The minimum Gasteiger partial charge on any atom is -0.406 e. The Hall–Kier alpha value is -4.71. The lowest BCUT2D eigenvalue weighted by atomic mass is 10.00. The zero-order valence-corrected chi connectivity index (χ0v) is 26.1. The molecular weight excluding hydrogens is 601 g/mol. The van der Waals surface area contributed by atoms with E-state index in [0.717, 1.165) is 40.9 Å². The van der Waals surface area contributed by atoms with Crippen LogP contribution in [0.1, 0.15) is 48.6 Å². The van der Waals surface area contributed by atoms with Crippen LogP contribution < -0.4 is 14.9 Å². The van der Waals surface area contributed by atoms with Crippen LogP contribution in [0.4, 0.5) is 18.0 Å². The second-order valence-corrected chi connectivity index (χ2v) is 11.6. The Morgan fingerprint density at radius 2 is 1.80 bits per heavy atom. The van der Waals surface area contributed by atoms with Gasteiger partial charge in [0.15, 0.2) is 10.6 Å². The van der Waals surface area contributed by atoms with Crippen molar-refractivity contribution in [1.82, 2.24) is 24.6 Å². The van der Waals surface area contributed by atoms with E-state index in [2.05, 4.69) is 61.7 Å². The van der Waals surface area contributed by atoms with Gasteiger partial charge in [-0.3, -0.25) is 4.57 Å². The van der Waals surface area contributed by atoms with Gasteiger partial charge in [0.05, 0.1) is 11.4 Å². The predicted octanol–water partition coefficient (Wildman–Crippen LogP) is 7.67. The van der Waals surface area contributed by atoms with Crippen molar-refractivity contribution in [3.05, 3.63) is 106 Å². The van der Waals surface area contributed by atoms with E-state index in [9.17, 15) is 18.0 Å². The first kappa shape index (κ1) is 31.7. The van der Waals surface area contributed by atoms with Gasteiger partial charge in [0.2, 0.25) is 0 Å². The fourth-order valence-corrected chi connectivity index (χ4v) is 5.76. The van der Waals surface area contributed by atoms with Crippen LogP contribution >= 0.6 is 11.3 Å². The van der Waals surface area contributed by atoms with Gasteiger partial charge in [-0.2, -0.15) is 4.99 Å². The first-order chi connectivity index (χ1) is 21.5. The van der Waals surface area contributed by atoms with Crippen LogP contribution in [-0.2, 0) is 6.42 Å². The predicted molar refractivity (Wildman–Crippen MR) is 168 cm³/mol. The highest BCUT2D eigenvalue weighted by Gasteiger charge is 2.31. The van der Waals surface area contributed by atoms with Gasteiger partial charge < -0.3 is 10.1 Å². The maximum Gasteiger partial charge on any atom is 0.573 e. The van der Waals surface area contributed by atoms with Crippen molar-refractivity contribution < 1.29 is 22.7 Å². The van der Waals surface area contributed by atoms with Crippen LogP contribution in [0.2, 0.25) is 0 Å². The van der Waals surface area contributed by atoms with Crippen LogP contribution in [0.5, 0.6) is 5.75 Å². The summed E-state index contributed by atoms with van der Waals surface area (Å²) in [5.41, 5.74) is 6.79. The summed E-state index contributed by atoms with van der Waals surface area (Å²) in [6.07, 6.45) is -1.30. The molecule has 0 spiro atoms. The number of hydrogen-bond acceptors (Lipinski definition) is 5. The molecule has 0 aliphatic rings. The lowest BCUT2D eigenvalue weighted by Gasteiger charge is -2.14. The van der Waals surface area contributed by atoms with Crippen LogP contribution in [0.25, 0.3) is 22.8 Å². The van der Waals surface area contributed by atoms with Crippen molar-refractivity contribution in [2.24, 2.45) is 4.99 Å². The Kier molecular flexibility index (Phi) is 9.52. The topological polar surface area (TPSA) is 86.3 Å². The molecule has 5 rings (SSSR count). The monoisotopic (exact) mass is 634 g/mol. The number of rotatable bonds is 9. The average molecular weight is 635 g/mol. The van der Waals surface area contributed by atoms with Crippen molar-refractivity contribution in [3.8, 4) is 28.5 Å². The van der Waals surface area contributed by atoms with Crippen LogP contribution in [0.15, 0.2) is 83.4 Å². The molecule has 234 valence electrons. The number of nitrogens with zero attached hydrogens (tertiary/aromatic N) is 5. The van der Waals surface area contributed by atoms with Gasteiger partial charge >= 0.3 is 12.4 Å². The van der Waals surface area contributed by atoms with Crippen LogP contribution in [0.3, 0.4) is 0 Å². The molecule has 45 heavy (non-hydrogen) atoms. The number of ether oxygens (including phenoxy) is 1. The molecule has 0 saturated heterocycles. The minimum atomic E-state index is -4.75. The number of nitrogens with one attached hydrogen (secondary N) is 1. The number of aromatic nitrogens is 4. The van der Waals surface area contributed by atoms with Crippen molar-refractivity contribution >= 4 is 17.4 Å². The third-order valence-electron chi connectivity index (χ3n) is 7.20. The van der Waals surface area contributed by atoms with E-state index in [1.807, 2.05) is 43.5 Å². The Morgan fingerprint density at radius 1 is 1.07 bits per heavy atom. The number of carbonyl (C=O) groups excluding carboxylic acids is 1. The van der Waals surface area contributed by atoms with Gasteiger partial charge in [-0.25, -0.2) is 14.5 Å². The number of carbonyl (C=O) groups is 1. The molecule has 12 heteroatoms. The summed E-state index contributed by atoms with van der Waals surface area (Å²) in [5.74, 6) is 0.174.